The van der Waals surface area contributed by atoms with E-state index in [1.165, 1.54) is 44.0 Å². The molecule has 0 radical (unpaired) electrons. The van der Waals surface area contributed by atoms with Gasteiger partial charge in [-0.15, -0.1) is 0 Å². The number of anilines is 6. The number of hydrogen-bond donors (Lipinski definition) is 0. The smallest absolute Gasteiger partial charge is 0.0703 e. The van der Waals surface area contributed by atoms with Crippen molar-refractivity contribution in [3.05, 3.63) is 176 Å². The van der Waals surface area contributed by atoms with Crippen molar-refractivity contribution in [3.63, 3.8) is 0 Å². The zero-order chi connectivity index (χ0) is 30.5. The molecule has 0 amide bonds. The molecule has 8 aromatic rings. The summed E-state index contributed by atoms with van der Waals surface area (Å²) in [6, 6.07) is 60.5. The van der Waals surface area contributed by atoms with Crippen LogP contribution in [-0.4, -0.2) is 4.98 Å². The summed E-state index contributed by atoms with van der Waals surface area (Å²) in [4.78, 5) is 9.57. The highest BCUT2D eigenvalue weighted by atomic mass is 15.2. The molecule has 1 aliphatic heterocycles. The Morgan fingerprint density at radius 1 is 0.457 bits per heavy atom. The molecule has 0 saturated heterocycles. The highest BCUT2D eigenvalue weighted by Gasteiger charge is 2.27. The van der Waals surface area contributed by atoms with E-state index in [0.717, 1.165) is 34.0 Å². The van der Waals surface area contributed by atoms with Gasteiger partial charge >= 0.3 is 0 Å². The quantitative estimate of drug-likeness (QED) is 0.200. The van der Waals surface area contributed by atoms with E-state index in [1.807, 2.05) is 24.4 Å². The second-order valence-electron chi connectivity index (χ2n) is 11.7. The summed E-state index contributed by atoms with van der Waals surface area (Å²) in [5.41, 5.74) is 11.3. The van der Waals surface area contributed by atoms with Crippen molar-refractivity contribution in [3.8, 4) is 22.4 Å². The molecule has 216 valence electrons. The zero-order valence-corrected chi connectivity index (χ0v) is 25.1. The summed E-state index contributed by atoms with van der Waals surface area (Å²) >= 11 is 0. The molecule has 7 aromatic carbocycles. The third kappa shape index (κ3) is 4.25. The lowest BCUT2D eigenvalue weighted by atomic mass is 9.88. The normalized spacial score (nSPS) is 11.9. The highest BCUT2D eigenvalue weighted by Crippen LogP contribution is 2.53. The summed E-state index contributed by atoms with van der Waals surface area (Å²) in [7, 11) is 0. The van der Waals surface area contributed by atoms with Gasteiger partial charge in [0, 0.05) is 39.0 Å². The first kappa shape index (κ1) is 26.2. The van der Waals surface area contributed by atoms with E-state index in [2.05, 4.69) is 161 Å². The number of para-hydroxylation sites is 1. The summed E-state index contributed by atoms with van der Waals surface area (Å²) in [5, 5.41) is 5.01. The second kappa shape index (κ2) is 10.8. The molecule has 0 bridgehead atoms. The van der Waals surface area contributed by atoms with E-state index in [-0.39, 0.29) is 0 Å². The van der Waals surface area contributed by atoms with Crippen LogP contribution in [0.4, 0.5) is 34.1 Å². The molecule has 3 nitrogen and oxygen atoms in total. The average Bonchev–Trinajstić information content (AvgIpc) is 3.13. The summed E-state index contributed by atoms with van der Waals surface area (Å²) in [6.07, 6.45) is 1.97. The van der Waals surface area contributed by atoms with Crippen LogP contribution in [0.5, 0.6) is 0 Å². The van der Waals surface area contributed by atoms with Crippen LogP contribution in [0.1, 0.15) is 0 Å². The van der Waals surface area contributed by atoms with Crippen LogP contribution in [0, 0.1) is 0 Å². The lowest BCUT2D eigenvalue weighted by Gasteiger charge is -2.35. The molecule has 0 aliphatic carbocycles. The van der Waals surface area contributed by atoms with Gasteiger partial charge in [0.25, 0.3) is 0 Å². The Balaban J connectivity index is 1.19. The molecule has 0 N–H and O–H groups in total. The molecule has 46 heavy (non-hydrogen) atoms. The number of aromatic nitrogens is 1. The van der Waals surface area contributed by atoms with Gasteiger partial charge in [-0.2, -0.15) is 0 Å². The van der Waals surface area contributed by atoms with Gasteiger partial charge in [-0.25, -0.2) is 0 Å². The van der Waals surface area contributed by atoms with Gasteiger partial charge < -0.3 is 9.80 Å². The number of rotatable bonds is 5. The van der Waals surface area contributed by atoms with Crippen molar-refractivity contribution in [1.29, 1.82) is 0 Å². The van der Waals surface area contributed by atoms with Gasteiger partial charge in [-0.05, 0) is 70.9 Å². The molecule has 1 aliphatic rings. The molecule has 0 spiro atoms. The van der Waals surface area contributed by atoms with Gasteiger partial charge in [0.15, 0.2) is 0 Å². The Hall–Kier alpha value is -6.19. The van der Waals surface area contributed by atoms with Crippen molar-refractivity contribution in [2.24, 2.45) is 0 Å². The van der Waals surface area contributed by atoms with E-state index >= 15 is 0 Å². The lowest BCUT2D eigenvalue weighted by molar-refractivity contribution is 1.22. The number of hydrogen-bond acceptors (Lipinski definition) is 3. The van der Waals surface area contributed by atoms with Crippen LogP contribution >= 0.6 is 0 Å². The van der Waals surface area contributed by atoms with Gasteiger partial charge in [-0.3, -0.25) is 4.98 Å². The molecule has 0 atom stereocenters. The van der Waals surface area contributed by atoms with Crippen LogP contribution in [0.15, 0.2) is 176 Å². The molecule has 9 rings (SSSR count). The molecule has 0 saturated carbocycles. The van der Waals surface area contributed by atoms with Crippen LogP contribution in [-0.2, 0) is 0 Å². The monoisotopic (exact) mass is 587 g/mol. The average molecular weight is 588 g/mol. The predicted molar refractivity (Wildman–Crippen MR) is 193 cm³/mol. The van der Waals surface area contributed by atoms with Crippen molar-refractivity contribution < 1.29 is 0 Å². The van der Waals surface area contributed by atoms with E-state index in [1.54, 1.807) is 0 Å². The first-order chi connectivity index (χ1) is 22.8. The number of benzene rings is 7. The van der Waals surface area contributed by atoms with Gasteiger partial charge in [0.1, 0.15) is 0 Å². The fourth-order valence-corrected chi connectivity index (χ4v) is 6.91. The van der Waals surface area contributed by atoms with Gasteiger partial charge in [0.2, 0.25) is 0 Å². The predicted octanol–water partition coefficient (Wildman–Crippen LogP) is 12.0. The Bertz CT molecular complexity index is 2340. The molecule has 1 aromatic heterocycles. The SMILES string of the molecule is c1ccc(-c2ccc(N(c3ccccc3)c3ccc(N4c5c(ccc6ccccc56)-c5cccc6cccc4c56)cc3)cn2)cc1. The fraction of sp³-hybridized carbons (Fsp3) is 0. The third-order valence-electron chi connectivity index (χ3n) is 8.99. The minimum Gasteiger partial charge on any atom is -0.309 e. The molecular weight excluding hydrogens is 558 g/mol. The van der Waals surface area contributed by atoms with Gasteiger partial charge in [0.05, 0.1) is 29.0 Å². The minimum absolute atomic E-state index is 0.957. The van der Waals surface area contributed by atoms with Gasteiger partial charge in [-0.1, -0.05) is 115 Å². The topological polar surface area (TPSA) is 19.4 Å². The maximum Gasteiger partial charge on any atom is 0.0703 e. The molecule has 3 heteroatoms. The van der Waals surface area contributed by atoms with Crippen molar-refractivity contribution in [2.75, 3.05) is 9.80 Å². The van der Waals surface area contributed by atoms with E-state index in [0.29, 0.717) is 0 Å². The Morgan fingerprint density at radius 2 is 1.13 bits per heavy atom. The molecule has 0 unspecified atom stereocenters. The summed E-state index contributed by atoms with van der Waals surface area (Å²) < 4.78 is 0. The molecular formula is C43H29N3. The van der Waals surface area contributed by atoms with Crippen LogP contribution in [0.3, 0.4) is 0 Å². The number of pyridine rings is 1. The Morgan fingerprint density at radius 3 is 1.91 bits per heavy atom. The maximum absolute atomic E-state index is 4.86. The Labute approximate surface area is 268 Å². The first-order valence-electron chi connectivity index (χ1n) is 15.6. The van der Waals surface area contributed by atoms with Crippen molar-refractivity contribution in [1.82, 2.24) is 4.98 Å². The molecule has 0 fully saturated rings. The second-order valence-corrected chi connectivity index (χ2v) is 11.7. The molecule has 2 heterocycles. The highest BCUT2D eigenvalue weighted by molar-refractivity contribution is 6.18. The van der Waals surface area contributed by atoms with Crippen LogP contribution in [0.2, 0.25) is 0 Å². The van der Waals surface area contributed by atoms with Crippen LogP contribution < -0.4 is 9.80 Å². The van der Waals surface area contributed by atoms with E-state index in [9.17, 15) is 0 Å². The number of nitrogens with zero attached hydrogens (tertiary/aromatic N) is 3. The summed E-state index contributed by atoms with van der Waals surface area (Å²) in [5.74, 6) is 0. The standard InChI is InChI=1S/C43H29N3/c1-3-12-31(13-4-1)40-28-26-36(29-44-40)45(33-16-5-2-6-17-33)34-22-24-35(25-23-34)46-41-20-10-15-32-14-9-19-38(42(32)41)39-27-21-30-11-7-8-18-37(30)43(39)46/h1-29H. The zero-order valence-electron chi connectivity index (χ0n) is 25.1. The lowest BCUT2D eigenvalue weighted by Crippen LogP contribution is -2.16. The Kier molecular flexibility index (Phi) is 6.14. The van der Waals surface area contributed by atoms with Crippen molar-refractivity contribution >= 4 is 55.7 Å². The fourth-order valence-electron chi connectivity index (χ4n) is 6.91. The maximum atomic E-state index is 4.86. The van der Waals surface area contributed by atoms with Crippen molar-refractivity contribution in [2.45, 2.75) is 0 Å². The van der Waals surface area contributed by atoms with Crippen LogP contribution in [0.25, 0.3) is 43.9 Å². The third-order valence-corrected chi connectivity index (χ3v) is 8.99. The minimum atomic E-state index is 0.957. The van der Waals surface area contributed by atoms with E-state index < -0.39 is 0 Å². The largest absolute Gasteiger partial charge is 0.309 e. The number of fused-ring (bicyclic) bond motifs is 4. The first-order valence-corrected chi connectivity index (χ1v) is 15.6. The summed E-state index contributed by atoms with van der Waals surface area (Å²) in [6.45, 7) is 0. The van der Waals surface area contributed by atoms with E-state index in [4.69, 9.17) is 4.98 Å².